The third kappa shape index (κ3) is 5.13. The average Bonchev–Trinajstić information content (AvgIpc) is 3.04. The number of carbonyl (C=O) groups is 2. The number of nitrogens with zero attached hydrogens (tertiary/aromatic N) is 1. The second kappa shape index (κ2) is 8.58. The van der Waals surface area contributed by atoms with Crippen LogP contribution in [0, 0.1) is 0 Å². The zero-order valence-electron chi connectivity index (χ0n) is 14.3. The molecule has 0 aliphatic carbocycles. The Labute approximate surface area is 155 Å². The van der Waals surface area contributed by atoms with Crippen LogP contribution in [0.1, 0.15) is 29.8 Å². The van der Waals surface area contributed by atoms with E-state index >= 15 is 0 Å². The van der Waals surface area contributed by atoms with E-state index in [0.29, 0.717) is 12.8 Å². The molecule has 0 spiro atoms. The van der Waals surface area contributed by atoms with Gasteiger partial charge in [-0.05, 0) is 49.1 Å². The molecule has 1 heterocycles. The molecule has 0 fully saturated rings. The van der Waals surface area contributed by atoms with E-state index < -0.39 is 5.97 Å². The highest BCUT2D eigenvalue weighted by Crippen LogP contribution is 2.22. The van der Waals surface area contributed by atoms with Gasteiger partial charge in [0, 0.05) is 18.5 Å². The highest BCUT2D eigenvalue weighted by atomic mass is 32.1. The summed E-state index contributed by atoms with van der Waals surface area (Å²) in [5.74, 6) is -0.833. The fraction of sp³-hybridized carbons (Fsp3) is 0.250. The van der Waals surface area contributed by atoms with E-state index in [9.17, 15) is 9.59 Å². The topological polar surface area (TPSA) is 79.3 Å². The van der Waals surface area contributed by atoms with Crippen LogP contribution in [0.2, 0.25) is 0 Å². The normalized spacial score (nSPS) is 10.8. The van der Waals surface area contributed by atoms with Gasteiger partial charge in [0.05, 0.1) is 15.2 Å². The van der Waals surface area contributed by atoms with Crippen LogP contribution >= 0.6 is 11.3 Å². The first-order valence-electron chi connectivity index (χ1n) is 8.55. The van der Waals surface area contributed by atoms with Crippen molar-refractivity contribution in [1.82, 2.24) is 4.98 Å². The van der Waals surface area contributed by atoms with Crippen LogP contribution in [0.4, 0.5) is 5.69 Å². The molecular formula is C20H20N2O3S. The Kier molecular flexibility index (Phi) is 5.96. The van der Waals surface area contributed by atoms with Crippen molar-refractivity contribution in [2.75, 3.05) is 5.32 Å². The van der Waals surface area contributed by atoms with E-state index in [1.54, 1.807) is 11.3 Å². The quantitative estimate of drug-likeness (QED) is 0.622. The van der Waals surface area contributed by atoms with Gasteiger partial charge < -0.3 is 10.4 Å². The van der Waals surface area contributed by atoms with Crippen molar-refractivity contribution in [3.8, 4) is 0 Å². The molecule has 0 saturated heterocycles. The van der Waals surface area contributed by atoms with Gasteiger partial charge in [0.1, 0.15) is 0 Å². The van der Waals surface area contributed by atoms with Gasteiger partial charge in [0.15, 0.2) is 0 Å². The monoisotopic (exact) mass is 368 g/mol. The highest BCUT2D eigenvalue weighted by molar-refractivity contribution is 7.18. The number of carbonyl (C=O) groups excluding carboxylic acids is 1. The van der Waals surface area contributed by atoms with Crippen LogP contribution in [0.25, 0.3) is 10.2 Å². The molecule has 134 valence electrons. The molecule has 2 N–H and O–H groups in total. The lowest BCUT2D eigenvalue weighted by Gasteiger charge is -2.06. The minimum Gasteiger partial charge on any atom is -0.481 e. The molecule has 0 aliphatic rings. The molecular weight excluding hydrogens is 348 g/mol. The zero-order valence-corrected chi connectivity index (χ0v) is 15.1. The van der Waals surface area contributed by atoms with Crippen LogP contribution in [0.3, 0.4) is 0 Å². The number of nitrogens with one attached hydrogen (secondary N) is 1. The minimum absolute atomic E-state index is 0.0237. The van der Waals surface area contributed by atoms with Crippen molar-refractivity contribution in [3.05, 3.63) is 59.1 Å². The number of carboxylic acid groups (broad SMARTS) is 1. The van der Waals surface area contributed by atoms with Crippen LogP contribution in [-0.2, 0) is 22.4 Å². The maximum atomic E-state index is 12.1. The summed E-state index contributed by atoms with van der Waals surface area (Å²) in [6, 6.07) is 15.4. The van der Waals surface area contributed by atoms with Crippen molar-refractivity contribution in [2.45, 2.75) is 32.1 Å². The van der Waals surface area contributed by atoms with Gasteiger partial charge in [-0.2, -0.15) is 0 Å². The van der Waals surface area contributed by atoms with Crippen molar-refractivity contribution >= 4 is 39.1 Å². The summed E-state index contributed by atoms with van der Waals surface area (Å²) in [4.78, 5) is 27.2. The minimum atomic E-state index is -0.810. The largest absolute Gasteiger partial charge is 0.481 e. The van der Waals surface area contributed by atoms with E-state index in [-0.39, 0.29) is 12.3 Å². The number of carboxylic acids is 1. The predicted molar refractivity (Wildman–Crippen MR) is 104 cm³/mol. The summed E-state index contributed by atoms with van der Waals surface area (Å²) >= 11 is 1.68. The third-order valence-corrected chi connectivity index (χ3v) is 5.09. The zero-order chi connectivity index (χ0) is 18.4. The Morgan fingerprint density at radius 3 is 2.50 bits per heavy atom. The Hall–Kier alpha value is -2.73. The molecule has 6 heteroatoms. The van der Waals surface area contributed by atoms with Crippen molar-refractivity contribution in [1.29, 1.82) is 0 Å². The second-order valence-electron chi connectivity index (χ2n) is 6.07. The van der Waals surface area contributed by atoms with E-state index in [0.717, 1.165) is 34.6 Å². The Balaban J connectivity index is 1.44. The summed E-state index contributed by atoms with van der Waals surface area (Å²) in [5.41, 5.74) is 2.69. The first kappa shape index (κ1) is 18.1. The number of aromatic nitrogens is 1. The number of benzene rings is 2. The molecule has 3 aromatic rings. The van der Waals surface area contributed by atoms with E-state index in [1.807, 2.05) is 42.5 Å². The van der Waals surface area contributed by atoms with Gasteiger partial charge in [-0.3, -0.25) is 9.59 Å². The molecule has 0 aliphatic heterocycles. The van der Waals surface area contributed by atoms with Gasteiger partial charge in [0.25, 0.3) is 0 Å². The smallest absolute Gasteiger partial charge is 0.303 e. The summed E-state index contributed by atoms with van der Waals surface area (Å²) in [6.45, 7) is 0. The molecule has 1 amide bonds. The molecule has 0 unspecified atom stereocenters. The standard InChI is InChI=1S/C20H20N2O3S/c23-18(21-15-11-8-14(9-12-15)10-13-20(24)25)6-3-7-19-22-16-4-1-2-5-17(16)26-19/h1-2,4-5,8-9,11-12H,3,6-7,10,13H2,(H,21,23)(H,24,25). The number of hydrogen-bond donors (Lipinski definition) is 2. The van der Waals surface area contributed by atoms with Crippen LogP contribution < -0.4 is 5.32 Å². The first-order chi connectivity index (χ1) is 12.6. The summed E-state index contributed by atoms with van der Waals surface area (Å²) < 4.78 is 1.18. The van der Waals surface area contributed by atoms with Gasteiger partial charge >= 0.3 is 5.97 Å². The van der Waals surface area contributed by atoms with Crippen molar-refractivity contribution in [3.63, 3.8) is 0 Å². The molecule has 26 heavy (non-hydrogen) atoms. The number of thiazole rings is 1. The average molecular weight is 368 g/mol. The Bertz CT molecular complexity index is 870. The number of amides is 1. The number of anilines is 1. The fourth-order valence-corrected chi connectivity index (χ4v) is 3.67. The van der Waals surface area contributed by atoms with Gasteiger partial charge in [-0.25, -0.2) is 4.98 Å². The van der Waals surface area contributed by atoms with Gasteiger partial charge in [-0.15, -0.1) is 11.3 Å². The number of para-hydroxylation sites is 1. The molecule has 0 atom stereocenters. The highest BCUT2D eigenvalue weighted by Gasteiger charge is 2.06. The number of hydrogen-bond acceptors (Lipinski definition) is 4. The van der Waals surface area contributed by atoms with E-state index in [1.165, 1.54) is 4.70 Å². The maximum absolute atomic E-state index is 12.1. The van der Waals surface area contributed by atoms with Crippen molar-refractivity contribution in [2.24, 2.45) is 0 Å². The van der Waals surface area contributed by atoms with Crippen LogP contribution in [0.15, 0.2) is 48.5 Å². The molecule has 0 bridgehead atoms. The second-order valence-corrected chi connectivity index (χ2v) is 7.18. The van der Waals surface area contributed by atoms with Gasteiger partial charge in [-0.1, -0.05) is 24.3 Å². The summed E-state index contributed by atoms with van der Waals surface area (Å²) in [5, 5.41) is 12.6. The third-order valence-electron chi connectivity index (χ3n) is 4.00. The molecule has 0 saturated carbocycles. The Morgan fingerprint density at radius 2 is 1.77 bits per heavy atom. The number of rotatable bonds is 8. The lowest BCUT2D eigenvalue weighted by atomic mass is 10.1. The molecule has 0 radical (unpaired) electrons. The van der Waals surface area contributed by atoms with Crippen LogP contribution in [-0.4, -0.2) is 22.0 Å². The van der Waals surface area contributed by atoms with Crippen molar-refractivity contribution < 1.29 is 14.7 Å². The maximum Gasteiger partial charge on any atom is 0.303 e. The summed E-state index contributed by atoms with van der Waals surface area (Å²) in [6.07, 6.45) is 2.59. The number of aliphatic carboxylic acids is 1. The fourth-order valence-electron chi connectivity index (χ4n) is 2.66. The molecule has 3 rings (SSSR count). The molecule has 2 aromatic carbocycles. The SMILES string of the molecule is O=C(O)CCc1ccc(NC(=O)CCCc2nc3ccccc3s2)cc1. The molecule has 5 nitrogen and oxygen atoms in total. The lowest BCUT2D eigenvalue weighted by Crippen LogP contribution is -2.11. The van der Waals surface area contributed by atoms with Gasteiger partial charge in [0.2, 0.25) is 5.91 Å². The van der Waals surface area contributed by atoms with E-state index in [4.69, 9.17) is 5.11 Å². The molecule has 1 aromatic heterocycles. The number of fused-ring (bicyclic) bond motifs is 1. The predicted octanol–water partition coefficient (Wildman–Crippen LogP) is 4.27. The lowest BCUT2D eigenvalue weighted by molar-refractivity contribution is -0.137. The summed E-state index contributed by atoms with van der Waals surface area (Å²) in [7, 11) is 0. The Morgan fingerprint density at radius 1 is 1.00 bits per heavy atom. The first-order valence-corrected chi connectivity index (χ1v) is 9.37. The van der Waals surface area contributed by atoms with E-state index in [2.05, 4.69) is 16.4 Å². The number of aryl methyl sites for hydroxylation is 2. The van der Waals surface area contributed by atoms with Crippen LogP contribution in [0.5, 0.6) is 0 Å².